The molecule has 3 heterocycles. The van der Waals surface area contributed by atoms with E-state index in [0.717, 1.165) is 0 Å². The molecule has 1 amide bonds. The number of ether oxygens (including phenoxy) is 1. The molecule has 0 bridgehead atoms. The zero-order valence-corrected chi connectivity index (χ0v) is 18.3. The van der Waals surface area contributed by atoms with Crippen LogP contribution in [-0.4, -0.2) is 62.4 Å². The number of pyridine rings is 1. The van der Waals surface area contributed by atoms with Gasteiger partial charge >= 0.3 is 5.97 Å². The van der Waals surface area contributed by atoms with Crippen LogP contribution in [-0.2, 0) is 9.53 Å². The summed E-state index contributed by atoms with van der Waals surface area (Å²) in [6.07, 6.45) is 3.57. The fourth-order valence-corrected chi connectivity index (χ4v) is 3.39. The molecule has 0 spiro atoms. The highest BCUT2D eigenvalue weighted by molar-refractivity contribution is 5.94. The van der Waals surface area contributed by atoms with Crippen LogP contribution in [0, 0.1) is 11.8 Å². The SMILES string of the molecule is CCOC(=O)c1nn(-c2cccc(C#C[C@]3(O)CCN(C)C3=O)c2)cc1Nc1ccccn1. The zero-order valence-electron chi connectivity index (χ0n) is 18.3. The molecule has 9 nitrogen and oxygen atoms in total. The number of benzene rings is 1. The van der Waals surface area contributed by atoms with Gasteiger partial charge in [-0.1, -0.05) is 24.0 Å². The number of aromatic nitrogens is 3. The second-order valence-corrected chi connectivity index (χ2v) is 7.53. The van der Waals surface area contributed by atoms with Crippen molar-refractivity contribution in [1.29, 1.82) is 0 Å². The van der Waals surface area contributed by atoms with E-state index in [1.54, 1.807) is 62.8 Å². The second-order valence-electron chi connectivity index (χ2n) is 7.53. The van der Waals surface area contributed by atoms with Gasteiger partial charge in [-0.15, -0.1) is 0 Å². The van der Waals surface area contributed by atoms with Crippen molar-refractivity contribution >= 4 is 23.4 Å². The molecule has 0 unspecified atom stereocenters. The van der Waals surface area contributed by atoms with Crippen LogP contribution in [0.2, 0.25) is 0 Å². The number of nitrogens with one attached hydrogen (secondary N) is 1. The summed E-state index contributed by atoms with van der Waals surface area (Å²) < 4.78 is 6.68. The molecule has 3 aromatic rings. The number of hydrogen-bond acceptors (Lipinski definition) is 7. The van der Waals surface area contributed by atoms with Crippen molar-refractivity contribution < 1.29 is 19.4 Å². The number of nitrogens with zero attached hydrogens (tertiary/aromatic N) is 4. The van der Waals surface area contributed by atoms with Gasteiger partial charge in [0.15, 0.2) is 5.69 Å². The van der Waals surface area contributed by atoms with Gasteiger partial charge in [0, 0.05) is 31.8 Å². The molecule has 1 atom stereocenters. The summed E-state index contributed by atoms with van der Waals surface area (Å²) in [5.41, 5.74) is 0.122. The van der Waals surface area contributed by atoms with E-state index in [9.17, 15) is 14.7 Å². The van der Waals surface area contributed by atoms with E-state index in [-0.39, 0.29) is 18.7 Å². The van der Waals surface area contributed by atoms with Gasteiger partial charge in [-0.3, -0.25) is 4.79 Å². The van der Waals surface area contributed by atoms with Gasteiger partial charge < -0.3 is 20.1 Å². The monoisotopic (exact) mass is 445 g/mol. The Labute approximate surface area is 191 Å². The average Bonchev–Trinajstić information content (AvgIpc) is 3.36. The predicted octanol–water partition coefficient (Wildman–Crippen LogP) is 2.13. The van der Waals surface area contributed by atoms with E-state index in [1.165, 1.54) is 9.58 Å². The molecule has 2 N–H and O–H groups in total. The number of likely N-dealkylation sites (N-methyl/N-ethyl adjacent to an activating group) is 1. The molecular weight excluding hydrogens is 422 g/mol. The van der Waals surface area contributed by atoms with E-state index in [4.69, 9.17) is 4.74 Å². The summed E-state index contributed by atoms with van der Waals surface area (Å²) in [6.45, 7) is 2.40. The van der Waals surface area contributed by atoms with E-state index in [2.05, 4.69) is 27.2 Å². The van der Waals surface area contributed by atoms with Crippen LogP contribution >= 0.6 is 0 Å². The third-order valence-corrected chi connectivity index (χ3v) is 5.14. The zero-order chi connectivity index (χ0) is 23.4. The number of hydrogen-bond donors (Lipinski definition) is 2. The number of aliphatic hydroxyl groups is 1. The maximum Gasteiger partial charge on any atom is 0.361 e. The molecule has 9 heteroatoms. The van der Waals surface area contributed by atoms with Crippen molar-refractivity contribution in [3.8, 4) is 17.5 Å². The minimum Gasteiger partial charge on any atom is -0.461 e. The number of carbonyl (C=O) groups excluding carboxylic acids is 2. The van der Waals surface area contributed by atoms with E-state index in [0.29, 0.717) is 29.3 Å². The van der Waals surface area contributed by atoms with Gasteiger partial charge in [-0.25, -0.2) is 14.5 Å². The molecule has 1 aliphatic rings. The summed E-state index contributed by atoms with van der Waals surface area (Å²) >= 11 is 0. The number of anilines is 2. The second kappa shape index (κ2) is 9.14. The van der Waals surface area contributed by atoms with Crippen LogP contribution in [0.1, 0.15) is 29.4 Å². The van der Waals surface area contributed by atoms with Crippen LogP contribution in [0.5, 0.6) is 0 Å². The summed E-state index contributed by atoms with van der Waals surface area (Å²) in [5.74, 6) is 5.19. The lowest BCUT2D eigenvalue weighted by Crippen LogP contribution is -2.37. The number of esters is 1. The lowest BCUT2D eigenvalue weighted by atomic mass is 10.0. The third-order valence-electron chi connectivity index (χ3n) is 5.14. The number of likely N-dealkylation sites (tertiary alicyclic amines) is 1. The Morgan fingerprint density at radius 2 is 2.15 bits per heavy atom. The highest BCUT2D eigenvalue weighted by Gasteiger charge is 2.42. The van der Waals surface area contributed by atoms with Crippen molar-refractivity contribution in [2.45, 2.75) is 18.9 Å². The molecule has 0 aliphatic carbocycles. The first-order valence-corrected chi connectivity index (χ1v) is 10.5. The standard InChI is InChI=1S/C24H23N5O4/c1-3-33-22(30)21-19(26-20-9-4-5-13-25-20)16-29(27-21)18-8-6-7-17(15-18)10-11-24(32)12-14-28(2)23(24)31/h4-9,13,15-16,32H,3,12,14H2,1-2H3,(H,25,26)/t24-/m0/s1. The first kappa shape index (κ1) is 22.0. The molecule has 1 aliphatic heterocycles. The van der Waals surface area contributed by atoms with Crippen molar-refractivity contribution in [2.24, 2.45) is 0 Å². The average molecular weight is 445 g/mol. The Morgan fingerprint density at radius 1 is 1.30 bits per heavy atom. The summed E-state index contributed by atoms with van der Waals surface area (Å²) in [4.78, 5) is 30.3. The summed E-state index contributed by atoms with van der Waals surface area (Å²) in [7, 11) is 1.64. The van der Waals surface area contributed by atoms with Crippen LogP contribution in [0.15, 0.2) is 54.9 Å². The molecule has 33 heavy (non-hydrogen) atoms. The highest BCUT2D eigenvalue weighted by Crippen LogP contribution is 2.23. The first-order chi connectivity index (χ1) is 15.9. The van der Waals surface area contributed by atoms with Gasteiger partial charge in [0.25, 0.3) is 5.91 Å². The van der Waals surface area contributed by atoms with Crippen LogP contribution in [0.25, 0.3) is 5.69 Å². The lowest BCUT2D eigenvalue weighted by molar-refractivity contribution is -0.137. The van der Waals surface area contributed by atoms with Crippen LogP contribution in [0.3, 0.4) is 0 Å². The van der Waals surface area contributed by atoms with E-state index >= 15 is 0 Å². The van der Waals surface area contributed by atoms with Gasteiger partial charge in [0.05, 0.1) is 24.2 Å². The molecule has 1 fully saturated rings. The van der Waals surface area contributed by atoms with E-state index in [1.807, 2.05) is 6.07 Å². The Bertz CT molecular complexity index is 1240. The van der Waals surface area contributed by atoms with Crippen molar-refractivity contribution in [2.75, 3.05) is 25.5 Å². The topological polar surface area (TPSA) is 110 Å². The summed E-state index contributed by atoms with van der Waals surface area (Å²) in [5, 5.41) is 18.0. The van der Waals surface area contributed by atoms with Crippen LogP contribution in [0.4, 0.5) is 11.5 Å². The van der Waals surface area contributed by atoms with Crippen molar-refractivity contribution in [3.05, 3.63) is 66.1 Å². The molecule has 1 aromatic carbocycles. The third kappa shape index (κ3) is 4.71. The van der Waals surface area contributed by atoms with Crippen LogP contribution < -0.4 is 5.32 Å². The van der Waals surface area contributed by atoms with Gasteiger partial charge in [0.2, 0.25) is 5.60 Å². The summed E-state index contributed by atoms with van der Waals surface area (Å²) in [6, 6.07) is 12.5. The molecule has 1 saturated heterocycles. The minimum atomic E-state index is -1.67. The number of rotatable bonds is 5. The van der Waals surface area contributed by atoms with Gasteiger partial charge in [-0.05, 0) is 37.3 Å². The molecule has 0 radical (unpaired) electrons. The maximum absolute atomic E-state index is 12.5. The fourth-order valence-electron chi connectivity index (χ4n) is 3.39. The lowest BCUT2D eigenvalue weighted by Gasteiger charge is -2.13. The molecule has 4 rings (SSSR count). The largest absolute Gasteiger partial charge is 0.461 e. The van der Waals surface area contributed by atoms with Crippen molar-refractivity contribution in [3.63, 3.8) is 0 Å². The molecule has 0 saturated carbocycles. The maximum atomic E-state index is 12.5. The minimum absolute atomic E-state index is 0.118. The molecular formula is C24H23N5O4. The van der Waals surface area contributed by atoms with Crippen molar-refractivity contribution in [1.82, 2.24) is 19.7 Å². The van der Waals surface area contributed by atoms with Gasteiger partial charge in [0.1, 0.15) is 5.82 Å². The van der Waals surface area contributed by atoms with Gasteiger partial charge in [-0.2, -0.15) is 5.10 Å². The Morgan fingerprint density at radius 3 is 2.85 bits per heavy atom. The Hall–Kier alpha value is -4.16. The van der Waals surface area contributed by atoms with E-state index < -0.39 is 17.5 Å². The smallest absolute Gasteiger partial charge is 0.361 e. The quantitative estimate of drug-likeness (QED) is 0.457. The Balaban J connectivity index is 1.65. The Kier molecular flexibility index (Phi) is 6.11. The molecule has 2 aromatic heterocycles. The number of carbonyl (C=O) groups is 2. The highest BCUT2D eigenvalue weighted by atomic mass is 16.5. The first-order valence-electron chi connectivity index (χ1n) is 10.5. The predicted molar refractivity (Wildman–Crippen MR) is 121 cm³/mol. The fraction of sp³-hybridized carbons (Fsp3) is 0.250. The number of amides is 1. The normalized spacial score (nSPS) is 17.4. The molecule has 168 valence electrons.